The molecular weight excluding hydrogens is 304 g/mol. The molecule has 0 atom stereocenters. The van der Waals surface area contributed by atoms with Crippen LogP contribution in [0.15, 0.2) is 54.6 Å². The SMILES string of the molecule is Cc1cccc(Oc2cc3c(c4ccccc24)C(=O)N(N)C3=O)c1. The number of nitrogens with two attached hydrogens (primary N) is 1. The zero-order chi connectivity index (χ0) is 16.8. The lowest BCUT2D eigenvalue weighted by atomic mass is 9.99. The monoisotopic (exact) mass is 318 g/mol. The van der Waals surface area contributed by atoms with Crippen molar-refractivity contribution in [2.45, 2.75) is 6.92 Å². The number of rotatable bonds is 2. The second-order valence-corrected chi connectivity index (χ2v) is 5.74. The van der Waals surface area contributed by atoms with Gasteiger partial charge in [-0.1, -0.05) is 36.4 Å². The largest absolute Gasteiger partial charge is 0.457 e. The van der Waals surface area contributed by atoms with Crippen molar-refractivity contribution in [3.05, 3.63) is 71.3 Å². The maximum atomic E-state index is 12.3. The molecule has 0 aliphatic carbocycles. The average Bonchev–Trinajstić information content (AvgIpc) is 2.80. The maximum Gasteiger partial charge on any atom is 0.276 e. The fourth-order valence-corrected chi connectivity index (χ4v) is 2.97. The lowest BCUT2D eigenvalue weighted by molar-refractivity contribution is 0.0654. The molecule has 118 valence electrons. The Balaban J connectivity index is 1.95. The Hall–Kier alpha value is -3.18. The van der Waals surface area contributed by atoms with E-state index < -0.39 is 11.8 Å². The van der Waals surface area contributed by atoms with Crippen LogP contribution in [-0.2, 0) is 0 Å². The lowest BCUT2D eigenvalue weighted by Gasteiger charge is -2.11. The van der Waals surface area contributed by atoms with Crippen molar-refractivity contribution in [2.75, 3.05) is 0 Å². The first kappa shape index (κ1) is 14.4. The van der Waals surface area contributed by atoms with E-state index in [-0.39, 0.29) is 5.56 Å². The van der Waals surface area contributed by atoms with Gasteiger partial charge >= 0.3 is 0 Å². The molecule has 0 aromatic heterocycles. The van der Waals surface area contributed by atoms with Crippen LogP contribution in [0.2, 0.25) is 0 Å². The van der Waals surface area contributed by atoms with Gasteiger partial charge in [-0.15, -0.1) is 0 Å². The molecule has 3 aromatic rings. The molecule has 0 fully saturated rings. The van der Waals surface area contributed by atoms with E-state index in [0.717, 1.165) is 10.9 Å². The molecule has 0 saturated carbocycles. The molecular formula is C19H14N2O3. The summed E-state index contributed by atoms with van der Waals surface area (Å²) in [5, 5.41) is 2.06. The minimum atomic E-state index is -0.519. The lowest BCUT2D eigenvalue weighted by Crippen LogP contribution is -2.36. The fraction of sp³-hybridized carbons (Fsp3) is 0.0526. The van der Waals surface area contributed by atoms with Crippen molar-refractivity contribution >= 4 is 22.6 Å². The number of carbonyl (C=O) groups is 2. The number of imide groups is 1. The molecule has 1 aliphatic rings. The Kier molecular flexibility index (Phi) is 3.11. The predicted octanol–water partition coefficient (Wildman–Crippen LogP) is 3.41. The second kappa shape index (κ2) is 5.18. The third kappa shape index (κ3) is 2.06. The van der Waals surface area contributed by atoms with Crippen LogP contribution in [0.3, 0.4) is 0 Å². The molecule has 0 bridgehead atoms. The molecule has 0 spiro atoms. The number of hydrazine groups is 1. The summed E-state index contributed by atoms with van der Waals surface area (Å²) in [5.41, 5.74) is 1.66. The number of amides is 2. The van der Waals surface area contributed by atoms with Crippen molar-refractivity contribution in [1.29, 1.82) is 0 Å². The zero-order valence-electron chi connectivity index (χ0n) is 12.9. The molecule has 4 rings (SSSR count). The van der Waals surface area contributed by atoms with Crippen molar-refractivity contribution < 1.29 is 14.3 Å². The third-order valence-corrected chi connectivity index (χ3v) is 4.11. The van der Waals surface area contributed by atoms with Crippen LogP contribution in [0.5, 0.6) is 11.5 Å². The molecule has 1 aliphatic heterocycles. The Morgan fingerprint density at radius 3 is 2.42 bits per heavy atom. The van der Waals surface area contributed by atoms with Crippen molar-refractivity contribution in [1.82, 2.24) is 5.01 Å². The Morgan fingerprint density at radius 1 is 0.917 bits per heavy atom. The molecule has 0 radical (unpaired) electrons. The van der Waals surface area contributed by atoms with E-state index in [4.69, 9.17) is 10.6 Å². The van der Waals surface area contributed by atoms with Gasteiger partial charge in [-0.2, -0.15) is 0 Å². The smallest absolute Gasteiger partial charge is 0.276 e. The Labute approximate surface area is 138 Å². The molecule has 24 heavy (non-hydrogen) atoms. The molecule has 2 N–H and O–H groups in total. The van der Waals surface area contributed by atoms with Crippen LogP contribution in [0, 0.1) is 6.92 Å². The van der Waals surface area contributed by atoms with Gasteiger partial charge in [-0.05, 0) is 36.1 Å². The minimum Gasteiger partial charge on any atom is -0.457 e. The van der Waals surface area contributed by atoms with Crippen LogP contribution >= 0.6 is 0 Å². The van der Waals surface area contributed by atoms with Gasteiger partial charge in [0.05, 0.1) is 11.1 Å². The van der Waals surface area contributed by atoms with Gasteiger partial charge in [0, 0.05) is 5.39 Å². The summed E-state index contributed by atoms with van der Waals surface area (Å²) in [6.07, 6.45) is 0. The summed E-state index contributed by atoms with van der Waals surface area (Å²) in [4.78, 5) is 24.5. The van der Waals surface area contributed by atoms with Gasteiger partial charge in [0.2, 0.25) is 0 Å². The minimum absolute atomic E-state index is 0.267. The highest BCUT2D eigenvalue weighted by Crippen LogP contribution is 2.37. The summed E-state index contributed by atoms with van der Waals surface area (Å²) < 4.78 is 5.99. The average molecular weight is 318 g/mol. The summed E-state index contributed by atoms with van der Waals surface area (Å²) >= 11 is 0. The zero-order valence-corrected chi connectivity index (χ0v) is 12.9. The van der Waals surface area contributed by atoms with E-state index in [1.54, 1.807) is 12.1 Å². The molecule has 0 unspecified atom stereocenters. The normalized spacial score (nSPS) is 13.5. The molecule has 2 amide bonds. The van der Waals surface area contributed by atoms with Gasteiger partial charge in [-0.25, -0.2) is 10.9 Å². The topological polar surface area (TPSA) is 72.6 Å². The van der Waals surface area contributed by atoms with E-state index in [2.05, 4.69) is 0 Å². The molecule has 0 saturated heterocycles. The first-order valence-corrected chi connectivity index (χ1v) is 7.50. The van der Waals surface area contributed by atoms with E-state index in [1.807, 2.05) is 49.4 Å². The number of hydrogen-bond acceptors (Lipinski definition) is 4. The van der Waals surface area contributed by atoms with E-state index >= 15 is 0 Å². The van der Waals surface area contributed by atoms with Gasteiger partial charge in [0.25, 0.3) is 11.8 Å². The standard InChI is InChI=1S/C19H14N2O3/c1-11-5-4-6-12(9-11)24-16-10-15-17(19(23)21(20)18(15)22)14-8-3-2-7-13(14)16/h2-10H,20H2,1H3. The highest BCUT2D eigenvalue weighted by molar-refractivity contribution is 6.26. The number of fused-ring (bicyclic) bond motifs is 3. The number of carbonyl (C=O) groups excluding carboxylic acids is 2. The highest BCUT2D eigenvalue weighted by Gasteiger charge is 2.36. The molecule has 3 aromatic carbocycles. The summed E-state index contributed by atoms with van der Waals surface area (Å²) in [5.74, 6) is 5.76. The number of nitrogens with zero attached hydrogens (tertiary/aromatic N) is 1. The highest BCUT2D eigenvalue weighted by atomic mass is 16.5. The van der Waals surface area contributed by atoms with Crippen molar-refractivity contribution in [3.63, 3.8) is 0 Å². The van der Waals surface area contributed by atoms with E-state index in [0.29, 0.717) is 27.5 Å². The number of benzene rings is 3. The predicted molar refractivity (Wildman–Crippen MR) is 89.9 cm³/mol. The Morgan fingerprint density at radius 2 is 1.67 bits per heavy atom. The van der Waals surface area contributed by atoms with Crippen molar-refractivity contribution in [2.24, 2.45) is 5.84 Å². The number of hydrogen-bond donors (Lipinski definition) is 1. The quantitative estimate of drug-likeness (QED) is 0.446. The van der Waals surface area contributed by atoms with Crippen LogP contribution < -0.4 is 10.6 Å². The summed E-state index contributed by atoms with van der Waals surface area (Å²) in [6, 6.07) is 16.5. The van der Waals surface area contributed by atoms with Gasteiger partial charge in [0.1, 0.15) is 11.5 Å². The van der Waals surface area contributed by atoms with Crippen molar-refractivity contribution in [3.8, 4) is 11.5 Å². The third-order valence-electron chi connectivity index (χ3n) is 4.11. The van der Waals surface area contributed by atoms with Crippen LogP contribution in [0.1, 0.15) is 26.3 Å². The second-order valence-electron chi connectivity index (χ2n) is 5.74. The molecule has 5 nitrogen and oxygen atoms in total. The van der Waals surface area contributed by atoms with Crippen LogP contribution in [0.25, 0.3) is 10.8 Å². The number of ether oxygens (including phenoxy) is 1. The number of aryl methyl sites for hydroxylation is 1. The van der Waals surface area contributed by atoms with Gasteiger partial charge in [-0.3, -0.25) is 9.59 Å². The first-order chi connectivity index (χ1) is 11.6. The van der Waals surface area contributed by atoms with E-state index in [9.17, 15) is 9.59 Å². The molecule has 5 heteroatoms. The molecule has 1 heterocycles. The summed E-state index contributed by atoms with van der Waals surface area (Å²) in [7, 11) is 0. The van der Waals surface area contributed by atoms with Gasteiger partial charge in [0.15, 0.2) is 0 Å². The fourth-order valence-electron chi connectivity index (χ4n) is 2.97. The van der Waals surface area contributed by atoms with E-state index in [1.165, 1.54) is 0 Å². The Bertz CT molecular complexity index is 1010. The van der Waals surface area contributed by atoms with Crippen LogP contribution in [-0.4, -0.2) is 16.8 Å². The maximum absolute atomic E-state index is 12.3. The van der Waals surface area contributed by atoms with Crippen LogP contribution in [0.4, 0.5) is 0 Å². The first-order valence-electron chi connectivity index (χ1n) is 7.50. The van der Waals surface area contributed by atoms with Gasteiger partial charge < -0.3 is 4.74 Å². The summed E-state index contributed by atoms with van der Waals surface area (Å²) in [6.45, 7) is 1.97.